The molecule has 0 unspecified atom stereocenters. The molecule has 1 aromatic carbocycles. The van der Waals surface area contributed by atoms with E-state index in [1.54, 1.807) is 0 Å². The van der Waals surface area contributed by atoms with Crippen LogP contribution in [0.15, 0.2) is 24.3 Å². The van der Waals surface area contributed by atoms with Gasteiger partial charge in [-0.15, -0.1) is 0 Å². The van der Waals surface area contributed by atoms with Crippen LogP contribution in [0.4, 0.5) is 13.2 Å². The highest BCUT2D eigenvalue weighted by molar-refractivity contribution is 5.77. The number of hydrogen-bond acceptors (Lipinski definition) is 3. The largest absolute Gasteiger partial charge is 0.497 e. The number of alkyl halides is 3. The van der Waals surface area contributed by atoms with Crippen LogP contribution in [0.25, 0.3) is 0 Å². The number of nitrogens with one attached hydrogen (secondary N) is 1. The lowest BCUT2D eigenvalue weighted by Gasteiger charge is -2.29. The van der Waals surface area contributed by atoms with Crippen molar-refractivity contribution in [2.45, 2.75) is 18.6 Å². The quantitative estimate of drug-likeness (QED) is 0.917. The molecule has 19 heavy (non-hydrogen) atoms. The molecule has 0 bridgehead atoms. The molecule has 104 valence electrons. The minimum Gasteiger partial charge on any atom is -0.497 e. The molecule has 0 radical (unpaired) electrons. The average molecular weight is 274 g/mol. The van der Waals surface area contributed by atoms with Crippen LogP contribution in [0.3, 0.4) is 0 Å². The van der Waals surface area contributed by atoms with E-state index in [1.807, 2.05) is 0 Å². The summed E-state index contributed by atoms with van der Waals surface area (Å²) in [4.78, 5) is 11.1. The zero-order valence-electron chi connectivity index (χ0n) is 10.2. The third-order valence-corrected chi connectivity index (χ3v) is 2.90. The molecule has 0 spiro atoms. The first-order chi connectivity index (χ1) is 8.91. The predicted octanol–water partition coefficient (Wildman–Crippen LogP) is 2.04. The van der Waals surface area contributed by atoms with E-state index in [9.17, 15) is 18.0 Å². The Kier molecular flexibility index (Phi) is 3.66. The Morgan fingerprint density at radius 1 is 1.32 bits per heavy atom. The van der Waals surface area contributed by atoms with Gasteiger partial charge in [0.1, 0.15) is 11.8 Å². The molecule has 0 aliphatic carbocycles. The molecular formula is C12H13F3N2O2. The van der Waals surface area contributed by atoms with Crippen LogP contribution < -0.4 is 10.2 Å². The number of methoxy groups -OCH3 is 1. The number of carbonyl (C=O) groups is 1. The Hall–Kier alpha value is -1.76. The van der Waals surface area contributed by atoms with Gasteiger partial charge in [-0.05, 0) is 17.7 Å². The van der Waals surface area contributed by atoms with Crippen LogP contribution in [0.2, 0.25) is 0 Å². The van der Waals surface area contributed by atoms with Gasteiger partial charge >= 0.3 is 6.18 Å². The molecule has 1 aliphatic heterocycles. The smallest absolute Gasteiger partial charge is 0.409 e. The van der Waals surface area contributed by atoms with Gasteiger partial charge < -0.3 is 4.74 Å². The van der Waals surface area contributed by atoms with Crippen molar-refractivity contribution in [1.29, 1.82) is 0 Å². The molecule has 1 saturated heterocycles. The lowest BCUT2D eigenvalue weighted by molar-refractivity contribution is -0.191. The Bertz CT molecular complexity index is 459. The van der Waals surface area contributed by atoms with E-state index in [-0.39, 0.29) is 18.5 Å². The molecule has 0 saturated carbocycles. The number of amides is 1. The topological polar surface area (TPSA) is 41.6 Å². The highest BCUT2D eigenvalue weighted by atomic mass is 19.4. The van der Waals surface area contributed by atoms with Gasteiger partial charge in [0, 0.05) is 13.0 Å². The van der Waals surface area contributed by atoms with Crippen molar-refractivity contribution in [2.24, 2.45) is 0 Å². The second-order valence-corrected chi connectivity index (χ2v) is 4.20. The Morgan fingerprint density at radius 2 is 1.95 bits per heavy atom. The van der Waals surface area contributed by atoms with Crippen molar-refractivity contribution in [3.63, 3.8) is 0 Å². The van der Waals surface area contributed by atoms with Crippen molar-refractivity contribution in [3.8, 4) is 5.75 Å². The summed E-state index contributed by atoms with van der Waals surface area (Å²) in [5.41, 5.74) is 2.30. The molecule has 2 rings (SSSR count). The third-order valence-electron chi connectivity index (χ3n) is 2.90. The molecule has 1 fully saturated rings. The van der Waals surface area contributed by atoms with Crippen molar-refractivity contribution in [3.05, 3.63) is 29.8 Å². The van der Waals surface area contributed by atoms with Gasteiger partial charge in [0.25, 0.3) is 0 Å². The van der Waals surface area contributed by atoms with E-state index >= 15 is 0 Å². The summed E-state index contributed by atoms with van der Waals surface area (Å²) in [6.45, 7) is 0.0367. The van der Waals surface area contributed by atoms with Gasteiger partial charge in [-0.25, -0.2) is 5.01 Å². The Balaban J connectivity index is 2.29. The number of ether oxygens (including phenoxy) is 1. The summed E-state index contributed by atoms with van der Waals surface area (Å²) >= 11 is 0. The van der Waals surface area contributed by atoms with Crippen LogP contribution in [-0.4, -0.2) is 30.7 Å². The van der Waals surface area contributed by atoms with E-state index in [0.29, 0.717) is 5.75 Å². The number of hydrogen-bond donors (Lipinski definition) is 1. The molecule has 7 heteroatoms. The lowest BCUT2D eigenvalue weighted by atomic mass is 10.1. The van der Waals surface area contributed by atoms with Crippen molar-refractivity contribution < 1.29 is 22.7 Å². The lowest BCUT2D eigenvalue weighted by Crippen LogP contribution is -2.43. The first-order valence-electron chi connectivity index (χ1n) is 5.68. The maximum absolute atomic E-state index is 13.1. The predicted molar refractivity (Wildman–Crippen MR) is 61.3 cm³/mol. The minimum absolute atomic E-state index is 0.0367. The average Bonchev–Trinajstić information content (AvgIpc) is 2.75. The molecule has 0 aromatic heterocycles. The summed E-state index contributed by atoms with van der Waals surface area (Å²) in [7, 11) is 1.44. The summed E-state index contributed by atoms with van der Waals surface area (Å²) < 4.78 is 44.3. The first-order valence-corrected chi connectivity index (χ1v) is 5.68. The molecule has 1 N–H and O–H groups in total. The summed E-state index contributed by atoms with van der Waals surface area (Å²) in [6.07, 6.45) is -4.39. The highest BCUT2D eigenvalue weighted by Crippen LogP contribution is 2.38. The van der Waals surface area contributed by atoms with E-state index in [2.05, 4.69) is 5.43 Å². The standard InChI is InChI=1S/C12H13F3N2O2/c1-19-9-4-2-8(3-5-9)11(12(13,14)15)17-7-6-10(18)16-17/h2-5,11H,6-7H2,1H3,(H,16,18)/t11-/m0/s1. The van der Waals surface area contributed by atoms with Gasteiger partial charge in [0.15, 0.2) is 0 Å². The van der Waals surface area contributed by atoms with Gasteiger partial charge in [-0.1, -0.05) is 12.1 Å². The SMILES string of the molecule is COc1ccc([C@H](N2CCC(=O)N2)C(F)(F)F)cc1. The third kappa shape index (κ3) is 2.98. The van der Waals surface area contributed by atoms with Crippen molar-refractivity contribution in [1.82, 2.24) is 10.4 Å². The van der Waals surface area contributed by atoms with Crippen LogP contribution in [-0.2, 0) is 4.79 Å². The Labute approximate surface area is 108 Å². The molecule has 1 atom stereocenters. The van der Waals surface area contributed by atoms with Crippen LogP contribution in [0, 0.1) is 0 Å². The van der Waals surface area contributed by atoms with E-state index < -0.39 is 18.1 Å². The summed E-state index contributed by atoms with van der Waals surface area (Å²) in [6, 6.07) is 3.78. The van der Waals surface area contributed by atoms with Crippen molar-refractivity contribution in [2.75, 3.05) is 13.7 Å². The second-order valence-electron chi connectivity index (χ2n) is 4.20. The fraction of sp³-hybridized carbons (Fsp3) is 0.417. The van der Waals surface area contributed by atoms with Crippen LogP contribution in [0.5, 0.6) is 5.75 Å². The normalized spacial score (nSPS) is 18.2. The maximum atomic E-state index is 13.1. The fourth-order valence-electron chi connectivity index (χ4n) is 2.02. The number of benzene rings is 1. The molecule has 4 nitrogen and oxygen atoms in total. The Morgan fingerprint density at radius 3 is 2.37 bits per heavy atom. The van der Waals surface area contributed by atoms with Crippen LogP contribution >= 0.6 is 0 Å². The molecular weight excluding hydrogens is 261 g/mol. The zero-order valence-corrected chi connectivity index (χ0v) is 10.2. The number of rotatable bonds is 3. The first kappa shape index (κ1) is 13.7. The van der Waals surface area contributed by atoms with Crippen LogP contribution in [0.1, 0.15) is 18.0 Å². The number of halogens is 3. The second kappa shape index (κ2) is 5.08. The van der Waals surface area contributed by atoms with Gasteiger partial charge in [-0.2, -0.15) is 13.2 Å². The molecule has 1 aromatic rings. The van der Waals surface area contributed by atoms with Crippen molar-refractivity contribution >= 4 is 5.91 Å². The molecule has 1 heterocycles. The highest BCUT2D eigenvalue weighted by Gasteiger charge is 2.46. The molecule has 1 amide bonds. The molecule has 1 aliphatic rings. The maximum Gasteiger partial charge on any atom is 0.409 e. The van der Waals surface area contributed by atoms with Gasteiger partial charge in [0.2, 0.25) is 5.91 Å². The van der Waals surface area contributed by atoms with E-state index in [0.717, 1.165) is 5.01 Å². The summed E-state index contributed by atoms with van der Waals surface area (Å²) in [5.74, 6) is 0.0814. The number of carbonyl (C=O) groups excluding carboxylic acids is 1. The number of hydrazine groups is 1. The monoisotopic (exact) mass is 274 g/mol. The summed E-state index contributed by atoms with van der Waals surface area (Å²) in [5, 5.41) is 0.921. The minimum atomic E-state index is -4.47. The van der Waals surface area contributed by atoms with E-state index in [4.69, 9.17) is 4.74 Å². The van der Waals surface area contributed by atoms with Gasteiger partial charge in [0.05, 0.1) is 7.11 Å². The fourth-order valence-corrected chi connectivity index (χ4v) is 2.02. The zero-order chi connectivity index (χ0) is 14.0. The van der Waals surface area contributed by atoms with Gasteiger partial charge in [-0.3, -0.25) is 10.2 Å². The number of nitrogens with zero attached hydrogens (tertiary/aromatic N) is 1. The van der Waals surface area contributed by atoms with E-state index in [1.165, 1.54) is 31.4 Å².